The van der Waals surface area contributed by atoms with Crippen molar-refractivity contribution in [1.82, 2.24) is 0 Å². The Hall–Kier alpha value is -2.25. The molecular weight excluding hydrogens is 318 g/mol. The van der Waals surface area contributed by atoms with E-state index in [1.54, 1.807) is 0 Å². The molecule has 8 heteroatoms. The van der Waals surface area contributed by atoms with Gasteiger partial charge < -0.3 is 10.2 Å². The van der Waals surface area contributed by atoms with Gasteiger partial charge in [0.15, 0.2) is 0 Å². The lowest BCUT2D eigenvalue weighted by molar-refractivity contribution is 0.0694. The Labute approximate surface area is 125 Å². The molecule has 110 valence electrons. The molecule has 0 unspecified atom stereocenters. The monoisotopic (exact) mass is 327 g/mol. The Bertz CT molecular complexity index is 787. The highest BCUT2D eigenvalue weighted by Gasteiger charge is 2.16. The minimum Gasteiger partial charge on any atom is -0.507 e. The Morgan fingerprint density at radius 2 is 1.71 bits per heavy atom. The van der Waals surface area contributed by atoms with Crippen LogP contribution in [0.5, 0.6) is 5.75 Å². The van der Waals surface area contributed by atoms with Gasteiger partial charge in [0.2, 0.25) is 0 Å². The number of carbonyl (C=O) groups is 1. The van der Waals surface area contributed by atoms with Crippen LogP contribution in [0.4, 0.5) is 5.69 Å². The zero-order valence-electron chi connectivity index (χ0n) is 10.4. The topological polar surface area (TPSA) is 104 Å². The molecule has 0 aliphatic heterocycles. The first-order valence-electron chi connectivity index (χ1n) is 5.64. The molecule has 0 bridgehead atoms. The Balaban J connectivity index is 2.31. The fourth-order valence-electron chi connectivity index (χ4n) is 1.60. The second-order valence-electron chi connectivity index (χ2n) is 4.10. The summed E-state index contributed by atoms with van der Waals surface area (Å²) in [6, 6.07) is 8.90. The number of rotatable bonds is 4. The quantitative estimate of drug-likeness (QED) is 0.800. The molecule has 0 saturated carbocycles. The van der Waals surface area contributed by atoms with Gasteiger partial charge in [-0.25, -0.2) is 13.2 Å². The van der Waals surface area contributed by atoms with Crippen molar-refractivity contribution in [3.8, 4) is 5.75 Å². The van der Waals surface area contributed by atoms with Crippen molar-refractivity contribution >= 4 is 33.3 Å². The van der Waals surface area contributed by atoms with Crippen molar-refractivity contribution in [1.29, 1.82) is 0 Å². The van der Waals surface area contributed by atoms with Crippen LogP contribution in [0, 0.1) is 0 Å². The fourth-order valence-corrected chi connectivity index (χ4v) is 2.78. The molecule has 6 nitrogen and oxygen atoms in total. The molecule has 0 radical (unpaired) electrons. The van der Waals surface area contributed by atoms with Crippen molar-refractivity contribution in [3.63, 3.8) is 0 Å². The number of aromatic hydroxyl groups is 1. The van der Waals surface area contributed by atoms with Crippen LogP contribution in [0.25, 0.3) is 0 Å². The van der Waals surface area contributed by atoms with Crippen LogP contribution < -0.4 is 4.72 Å². The number of hydrogen-bond acceptors (Lipinski definition) is 4. The molecule has 2 rings (SSSR count). The van der Waals surface area contributed by atoms with Gasteiger partial charge in [-0.1, -0.05) is 11.6 Å². The predicted molar refractivity (Wildman–Crippen MR) is 77.3 cm³/mol. The lowest BCUT2D eigenvalue weighted by Crippen LogP contribution is -2.13. The fraction of sp³-hybridized carbons (Fsp3) is 0. The minimum atomic E-state index is -3.85. The molecule has 3 N–H and O–H groups in total. The Morgan fingerprint density at radius 1 is 1.10 bits per heavy atom. The molecule has 2 aromatic carbocycles. The number of benzene rings is 2. The summed E-state index contributed by atoms with van der Waals surface area (Å²) in [6.45, 7) is 0. The lowest BCUT2D eigenvalue weighted by Gasteiger charge is -2.09. The summed E-state index contributed by atoms with van der Waals surface area (Å²) < 4.78 is 26.4. The second kappa shape index (κ2) is 5.63. The molecule has 21 heavy (non-hydrogen) atoms. The van der Waals surface area contributed by atoms with Crippen LogP contribution in [-0.4, -0.2) is 24.6 Å². The third-order valence-corrected chi connectivity index (χ3v) is 4.25. The third kappa shape index (κ3) is 3.45. The van der Waals surface area contributed by atoms with Crippen molar-refractivity contribution in [3.05, 3.63) is 53.1 Å². The molecule has 0 aliphatic carbocycles. The number of carboxylic acid groups (broad SMARTS) is 1. The van der Waals surface area contributed by atoms with Crippen LogP contribution in [0.3, 0.4) is 0 Å². The zero-order valence-corrected chi connectivity index (χ0v) is 12.0. The number of halogens is 1. The predicted octanol–water partition coefficient (Wildman–Crippen LogP) is 2.54. The summed E-state index contributed by atoms with van der Waals surface area (Å²) >= 11 is 5.69. The van der Waals surface area contributed by atoms with Gasteiger partial charge in [-0.05, 0) is 36.4 Å². The van der Waals surface area contributed by atoms with Crippen LogP contribution in [-0.2, 0) is 10.0 Å². The van der Waals surface area contributed by atoms with Gasteiger partial charge in [0, 0.05) is 11.1 Å². The van der Waals surface area contributed by atoms with E-state index in [2.05, 4.69) is 4.72 Å². The summed E-state index contributed by atoms with van der Waals surface area (Å²) in [4.78, 5) is 10.8. The molecule has 0 spiro atoms. The van der Waals surface area contributed by atoms with Crippen molar-refractivity contribution in [2.75, 3.05) is 4.72 Å². The van der Waals surface area contributed by atoms with E-state index in [9.17, 15) is 18.3 Å². The highest BCUT2D eigenvalue weighted by molar-refractivity contribution is 7.92. The van der Waals surface area contributed by atoms with Crippen LogP contribution in [0.1, 0.15) is 10.4 Å². The highest BCUT2D eigenvalue weighted by atomic mass is 35.5. The van der Waals surface area contributed by atoms with Crippen molar-refractivity contribution in [2.45, 2.75) is 4.90 Å². The number of hydrogen-bond donors (Lipinski definition) is 3. The number of aromatic carboxylic acids is 1. The van der Waals surface area contributed by atoms with Crippen LogP contribution in [0.2, 0.25) is 5.02 Å². The number of nitrogens with one attached hydrogen (secondary N) is 1. The highest BCUT2D eigenvalue weighted by Crippen LogP contribution is 2.24. The van der Waals surface area contributed by atoms with Crippen LogP contribution >= 0.6 is 11.6 Å². The first-order chi connectivity index (χ1) is 9.79. The van der Waals surface area contributed by atoms with Crippen molar-refractivity contribution in [2.24, 2.45) is 0 Å². The average Bonchev–Trinajstić information content (AvgIpc) is 2.38. The third-order valence-electron chi connectivity index (χ3n) is 2.60. The smallest absolute Gasteiger partial charge is 0.339 e. The number of carboxylic acids is 1. The molecule has 0 saturated heterocycles. The minimum absolute atomic E-state index is 0.00583. The average molecular weight is 328 g/mol. The van der Waals surface area contributed by atoms with Gasteiger partial charge >= 0.3 is 5.97 Å². The molecule has 0 heterocycles. The zero-order chi connectivity index (χ0) is 15.6. The van der Waals surface area contributed by atoms with Gasteiger partial charge in [0.05, 0.1) is 10.6 Å². The summed E-state index contributed by atoms with van der Waals surface area (Å²) in [5.74, 6) is -1.83. The molecule has 0 fully saturated rings. The van der Waals surface area contributed by atoms with E-state index in [1.165, 1.54) is 30.3 Å². The summed E-state index contributed by atoms with van der Waals surface area (Å²) in [7, 11) is -3.85. The molecular formula is C13H10ClNO5S. The maximum atomic E-state index is 12.1. The van der Waals surface area contributed by atoms with E-state index < -0.39 is 21.7 Å². The Morgan fingerprint density at radius 3 is 2.24 bits per heavy atom. The van der Waals surface area contributed by atoms with Crippen molar-refractivity contribution < 1.29 is 23.4 Å². The number of phenols is 1. The van der Waals surface area contributed by atoms with E-state index in [4.69, 9.17) is 16.7 Å². The number of sulfonamides is 1. The first-order valence-corrected chi connectivity index (χ1v) is 7.50. The van der Waals surface area contributed by atoms with Gasteiger partial charge in [0.25, 0.3) is 10.0 Å². The van der Waals surface area contributed by atoms with E-state index in [0.29, 0.717) is 5.02 Å². The second-order valence-corrected chi connectivity index (χ2v) is 6.22. The standard InChI is InChI=1S/C13H10ClNO5S/c14-8-1-4-10(5-2-8)21(19,20)15-9-3-6-11(13(17)18)12(16)7-9/h1-7,15-16H,(H,17,18). The van der Waals surface area contributed by atoms with Gasteiger partial charge in [-0.2, -0.15) is 0 Å². The Kier molecular flexibility index (Phi) is 4.06. The van der Waals surface area contributed by atoms with Gasteiger partial charge in [-0.15, -0.1) is 0 Å². The maximum absolute atomic E-state index is 12.1. The van der Waals surface area contributed by atoms with Gasteiger partial charge in [-0.3, -0.25) is 4.72 Å². The lowest BCUT2D eigenvalue weighted by atomic mass is 10.2. The molecule has 0 aromatic heterocycles. The van der Waals surface area contributed by atoms with E-state index in [-0.39, 0.29) is 16.1 Å². The van der Waals surface area contributed by atoms with Gasteiger partial charge in [0.1, 0.15) is 11.3 Å². The first kappa shape index (κ1) is 15.1. The summed E-state index contributed by atoms with van der Waals surface area (Å²) in [5, 5.41) is 18.7. The largest absolute Gasteiger partial charge is 0.507 e. The van der Waals surface area contributed by atoms with E-state index in [1.807, 2.05) is 0 Å². The normalized spacial score (nSPS) is 11.1. The molecule has 0 atom stereocenters. The summed E-state index contributed by atoms with van der Waals surface area (Å²) in [5.41, 5.74) is -0.267. The van der Waals surface area contributed by atoms with E-state index >= 15 is 0 Å². The molecule has 0 amide bonds. The molecule has 2 aromatic rings. The summed E-state index contributed by atoms with van der Waals surface area (Å²) in [6.07, 6.45) is 0. The van der Waals surface area contributed by atoms with Crippen LogP contribution in [0.15, 0.2) is 47.4 Å². The SMILES string of the molecule is O=C(O)c1ccc(NS(=O)(=O)c2ccc(Cl)cc2)cc1O. The maximum Gasteiger partial charge on any atom is 0.339 e. The molecule has 0 aliphatic rings. The van der Waals surface area contributed by atoms with E-state index in [0.717, 1.165) is 12.1 Å². The number of anilines is 1.